The lowest BCUT2D eigenvalue weighted by Gasteiger charge is -2.36. The summed E-state index contributed by atoms with van der Waals surface area (Å²) >= 11 is 0. The molecule has 2 aromatic carbocycles. The van der Waals surface area contributed by atoms with E-state index in [4.69, 9.17) is 4.74 Å². The lowest BCUT2D eigenvalue weighted by atomic mass is 9.68. The van der Waals surface area contributed by atoms with Gasteiger partial charge in [0, 0.05) is 12.5 Å². The molecule has 28 heavy (non-hydrogen) atoms. The zero-order valence-electron chi connectivity index (χ0n) is 17.8. The first kappa shape index (κ1) is 21.8. The summed E-state index contributed by atoms with van der Waals surface area (Å²) in [5.41, 5.74) is 4.31. The molecule has 2 aromatic rings. The van der Waals surface area contributed by atoms with Crippen molar-refractivity contribution in [3.05, 3.63) is 58.7 Å². The molecule has 0 heterocycles. The topological polar surface area (TPSA) is 58.6 Å². The third kappa shape index (κ3) is 4.67. The van der Waals surface area contributed by atoms with Crippen molar-refractivity contribution in [2.45, 2.75) is 58.8 Å². The van der Waals surface area contributed by atoms with Gasteiger partial charge in [-0.05, 0) is 61.1 Å². The molecule has 0 aliphatic carbocycles. The molecule has 2 rings (SSSR count). The van der Waals surface area contributed by atoms with Crippen LogP contribution in [-0.4, -0.2) is 24.7 Å². The molecule has 2 N–H and O–H groups in total. The van der Waals surface area contributed by atoms with Crippen molar-refractivity contribution < 1.29 is 14.6 Å². The molecule has 0 radical (unpaired) electrons. The fourth-order valence-electron chi connectivity index (χ4n) is 4.00. The second kappa shape index (κ2) is 9.63. The zero-order valence-corrected chi connectivity index (χ0v) is 17.8. The molecule has 0 saturated carbocycles. The highest BCUT2D eigenvalue weighted by molar-refractivity contribution is 5.77. The minimum absolute atomic E-state index is 0.0168. The molecule has 0 aliphatic heterocycles. The van der Waals surface area contributed by atoms with Crippen LogP contribution in [0.1, 0.15) is 61.8 Å². The fraction of sp³-hybridized carbons (Fsp3) is 0.458. The quantitative estimate of drug-likeness (QED) is 0.639. The lowest BCUT2D eigenvalue weighted by molar-refractivity contribution is -0.122. The second-order valence-electron chi connectivity index (χ2n) is 7.53. The Hall–Kier alpha value is -2.49. The van der Waals surface area contributed by atoms with Gasteiger partial charge in [0.15, 0.2) is 6.61 Å². The number of phenolic OH excluding ortho intramolecular Hbond substituents is 1. The Labute approximate surface area is 168 Å². The first-order valence-electron chi connectivity index (χ1n) is 10.1. The third-order valence-electron chi connectivity index (χ3n) is 5.47. The summed E-state index contributed by atoms with van der Waals surface area (Å²) in [5, 5.41) is 12.6. The molecule has 152 valence electrons. The van der Waals surface area contributed by atoms with Gasteiger partial charge in [-0.3, -0.25) is 4.79 Å². The van der Waals surface area contributed by atoms with Crippen LogP contribution in [0.25, 0.3) is 0 Å². The Bertz CT molecular complexity index is 807. The van der Waals surface area contributed by atoms with Gasteiger partial charge in [0.25, 0.3) is 5.91 Å². The number of likely N-dealkylation sites (N-methyl/N-ethyl adjacent to an activating group) is 1. The van der Waals surface area contributed by atoms with Gasteiger partial charge in [-0.15, -0.1) is 0 Å². The Morgan fingerprint density at radius 3 is 2.07 bits per heavy atom. The Morgan fingerprint density at radius 1 is 1.00 bits per heavy atom. The van der Waals surface area contributed by atoms with Crippen LogP contribution in [0.15, 0.2) is 36.4 Å². The number of benzene rings is 2. The van der Waals surface area contributed by atoms with Crippen LogP contribution < -0.4 is 10.1 Å². The molecule has 0 bridgehead atoms. The van der Waals surface area contributed by atoms with Gasteiger partial charge in [-0.25, -0.2) is 0 Å². The predicted molar refractivity (Wildman–Crippen MR) is 114 cm³/mol. The normalized spacial score (nSPS) is 11.3. The van der Waals surface area contributed by atoms with Crippen molar-refractivity contribution >= 4 is 5.91 Å². The highest BCUT2D eigenvalue weighted by Gasteiger charge is 2.33. The van der Waals surface area contributed by atoms with Crippen LogP contribution in [0, 0.1) is 13.8 Å². The SMILES string of the molecule is CCCC(CCC)(c1ccc(O)c(C)c1)c1ccc(OCC(=O)NC)c(C)c1. The molecule has 0 unspecified atom stereocenters. The summed E-state index contributed by atoms with van der Waals surface area (Å²) in [5.74, 6) is 0.922. The average molecular weight is 384 g/mol. The maximum atomic E-state index is 11.5. The van der Waals surface area contributed by atoms with Crippen molar-refractivity contribution in [1.82, 2.24) is 5.32 Å². The van der Waals surface area contributed by atoms with E-state index in [-0.39, 0.29) is 17.9 Å². The molecule has 1 amide bonds. The van der Waals surface area contributed by atoms with E-state index in [1.165, 1.54) is 11.1 Å². The van der Waals surface area contributed by atoms with E-state index in [0.29, 0.717) is 5.75 Å². The number of hydrogen-bond donors (Lipinski definition) is 2. The van der Waals surface area contributed by atoms with Crippen LogP contribution >= 0.6 is 0 Å². The molecule has 0 aliphatic rings. The van der Waals surface area contributed by atoms with Crippen LogP contribution in [-0.2, 0) is 10.2 Å². The van der Waals surface area contributed by atoms with E-state index in [1.54, 1.807) is 13.1 Å². The minimum atomic E-state index is -0.144. The Kier molecular flexibility index (Phi) is 7.50. The molecule has 0 saturated heterocycles. The van der Waals surface area contributed by atoms with Crippen molar-refractivity contribution in [2.75, 3.05) is 13.7 Å². The van der Waals surface area contributed by atoms with Crippen molar-refractivity contribution in [2.24, 2.45) is 0 Å². The van der Waals surface area contributed by atoms with E-state index >= 15 is 0 Å². The number of aromatic hydroxyl groups is 1. The number of hydrogen-bond acceptors (Lipinski definition) is 3. The number of phenols is 1. The van der Waals surface area contributed by atoms with Gasteiger partial charge in [-0.2, -0.15) is 0 Å². The summed E-state index contributed by atoms with van der Waals surface area (Å²) in [6.45, 7) is 8.41. The van der Waals surface area contributed by atoms with Gasteiger partial charge in [0.05, 0.1) is 0 Å². The molecule has 0 fully saturated rings. The summed E-state index contributed by atoms with van der Waals surface area (Å²) in [6, 6.07) is 12.3. The minimum Gasteiger partial charge on any atom is -0.508 e. The van der Waals surface area contributed by atoms with Gasteiger partial charge in [-0.1, -0.05) is 51.0 Å². The van der Waals surface area contributed by atoms with Gasteiger partial charge < -0.3 is 15.2 Å². The molecule has 4 heteroatoms. The van der Waals surface area contributed by atoms with Crippen molar-refractivity contribution in [1.29, 1.82) is 0 Å². The number of carbonyl (C=O) groups excluding carboxylic acids is 1. The second-order valence-corrected chi connectivity index (χ2v) is 7.53. The molecule has 0 aromatic heterocycles. The van der Waals surface area contributed by atoms with Crippen LogP contribution in [0.5, 0.6) is 11.5 Å². The van der Waals surface area contributed by atoms with Crippen molar-refractivity contribution in [3.63, 3.8) is 0 Å². The van der Waals surface area contributed by atoms with E-state index in [1.807, 2.05) is 19.9 Å². The highest BCUT2D eigenvalue weighted by atomic mass is 16.5. The van der Waals surface area contributed by atoms with Crippen LogP contribution in [0.3, 0.4) is 0 Å². The van der Waals surface area contributed by atoms with Crippen molar-refractivity contribution in [3.8, 4) is 11.5 Å². The first-order chi connectivity index (χ1) is 13.4. The summed E-state index contributed by atoms with van der Waals surface area (Å²) in [4.78, 5) is 11.5. The third-order valence-corrected chi connectivity index (χ3v) is 5.47. The van der Waals surface area contributed by atoms with Crippen LogP contribution in [0.2, 0.25) is 0 Å². The number of nitrogens with one attached hydrogen (secondary N) is 1. The molecular formula is C24H33NO3. The first-order valence-corrected chi connectivity index (χ1v) is 10.1. The Balaban J connectivity index is 2.49. The summed E-state index contributed by atoms with van der Waals surface area (Å²) in [6.07, 6.45) is 4.19. The Morgan fingerprint density at radius 2 is 1.57 bits per heavy atom. The number of carbonyl (C=O) groups is 1. The standard InChI is InChI=1S/C24H33NO3/c1-6-12-24(13-7-2,19-8-10-21(26)17(3)14-19)20-9-11-22(18(4)15-20)28-16-23(27)25-5/h8-11,14-15,26H,6-7,12-13,16H2,1-5H3,(H,25,27). The number of rotatable bonds is 9. The fourth-order valence-corrected chi connectivity index (χ4v) is 4.00. The van der Waals surface area contributed by atoms with Gasteiger partial charge >= 0.3 is 0 Å². The monoisotopic (exact) mass is 383 g/mol. The predicted octanol–water partition coefficient (Wildman–Crippen LogP) is 5.02. The maximum absolute atomic E-state index is 11.5. The highest BCUT2D eigenvalue weighted by Crippen LogP contribution is 2.43. The largest absolute Gasteiger partial charge is 0.508 e. The van der Waals surface area contributed by atoms with Gasteiger partial charge in [0.1, 0.15) is 11.5 Å². The van der Waals surface area contributed by atoms with Crippen LogP contribution in [0.4, 0.5) is 0 Å². The molecule has 0 atom stereocenters. The smallest absolute Gasteiger partial charge is 0.257 e. The van der Waals surface area contributed by atoms with E-state index in [9.17, 15) is 9.90 Å². The van der Waals surface area contributed by atoms with Gasteiger partial charge in [0.2, 0.25) is 0 Å². The number of ether oxygens (including phenoxy) is 1. The zero-order chi connectivity index (χ0) is 20.7. The molecular weight excluding hydrogens is 350 g/mol. The maximum Gasteiger partial charge on any atom is 0.257 e. The summed E-state index contributed by atoms with van der Waals surface area (Å²) < 4.78 is 5.67. The molecule has 0 spiro atoms. The van der Waals surface area contributed by atoms with E-state index in [0.717, 1.165) is 42.6 Å². The van der Waals surface area contributed by atoms with E-state index in [2.05, 4.69) is 43.4 Å². The lowest BCUT2D eigenvalue weighted by Crippen LogP contribution is -2.28. The number of aryl methyl sites for hydroxylation is 2. The van der Waals surface area contributed by atoms with E-state index < -0.39 is 0 Å². The summed E-state index contributed by atoms with van der Waals surface area (Å²) in [7, 11) is 1.60. The molecule has 4 nitrogen and oxygen atoms in total. The average Bonchev–Trinajstić information content (AvgIpc) is 2.68. The number of amides is 1.